The first-order chi connectivity index (χ1) is 5.27. The lowest BCUT2D eigenvalue weighted by Crippen LogP contribution is -2.13. The Bertz CT molecular complexity index is 276. The molecule has 58 valence electrons. The van der Waals surface area contributed by atoms with Crippen molar-refractivity contribution in [2.24, 2.45) is 5.73 Å². The summed E-state index contributed by atoms with van der Waals surface area (Å²) in [5, 5.41) is 18.9. The molecule has 1 aromatic heterocycles. The average molecular weight is 168 g/mol. The van der Waals surface area contributed by atoms with E-state index in [0.29, 0.717) is 4.88 Å². The second-order valence-electron chi connectivity index (χ2n) is 2.15. The third kappa shape index (κ3) is 1.77. The summed E-state index contributed by atoms with van der Waals surface area (Å²) in [5.41, 5.74) is 6.34. The van der Waals surface area contributed by atoms with E-state index < -0.39 is 0 Å². The molecule has 0 fully saturated rings. The van der Waals surface area contributed by atoms with E-state index in [9.17, 15) is 0 Å². The number of nitriles is 1. The van der Waals surface area contributed by atoms with Crippen LogP contribution < -0.4 is 5.73 Å². The van der Waals surface area contributed by atoms with E-state index in [1.807, 2.05) is 6.07 Å². The fourth-order valence-corrected chi connectivity index (χ4v) is 1.47. The Labute approximate surface area is 68.7 Å². The Morgan fingerprint density at radius 2 is 2.55 bits per heavy atom. The number of nitrogens with two attached hydrogens (primary N) is 1. The summed E-state index contributed by atoms with van der Waals surface area (Å²) in [6.45, 7) is -0.0817. The molecule has 0 amide bonds. The van der Waals surface area contributed by atoms with Crippen molar-refractivity contribution >= 4 is 11.3 Å². The lowest BCUT2D eigenvalue weighted by atomic mass is 10.2. The molecule has 0 radical (unpaired) electrons. The fourth-order valence-electron chi connectivity index (χ4n) is 0.709. The van der Waals surface area contributed by atoms with Crippen LogP contribution in [-0.4, -0.2) is 11.7 Å². The summed E-state index contributed by atoms with van der Waals surface area (Å²) in [4.78, 5) is 0.629. The highest BCUT2D eigenvalue weighted by atomic mass is 32.1. The van der Waals surface area contributed by atoms with E-state index in [1.165, 1.54) is 11.3 Å². The summed E-state index contributed by atoms with van der Waals surface area (Å²) in [5.74, 6) is 0. The van der Waals surface area contributed by atoms with Crippen LogP contribution in [0.15, 0.2) is 11.4 Å². The molecule has 0 aliphatic rings. The summed E-state index contributed by atoms with van der Waals surface area (Å²) in [6.07, 6.45) is 0. The van der Waals surface area contributed by atoms with Gasteiger partial charge < -0.3 is 10.8 Å². The SMILES string of the molecule is N#Cc1cc(C(N)CO)cs1. The largest absolute Gasteiger partial charge is 0.394 e. The smallest absolute Gasteiger partial charge is 0.110 e. The lowest BCUT2D eigenvalue weighted by molar-refractivity contribution is 0.268. The minimum Gasteiger partial charge on any atom is -0.394 e. The third-order valence-electron chi connectivity index (χ3n) is 1.35. The van der Waals surface area contributed by atoms with Crippen LogP contribution in [0.5, 0.6) is 0 Å². The van der Waals surface area contributed by atoms with E-state index in [1.54, 1.807) is 11.4 Å². The lowest BCUT2D eigenvalue weighted by Gasteiger charge is -2.02. The molecule has 11 heavy (non-hydrogen) atoms. The first-order valence-electron chi connectivity index (χ1n) is 3.13. The number of thiophene rings is 1. The third-order valence-corrected chi connectivity index (χ3v) is 2.21. The van der Waals surface area contributed by atoms with E-state index in [0.717, 1.165) is 5.56 Å². The first-order valence-corrected chi connectivity index (χ1v) is 4.01. The van der Waals surface area contributed by atoms with Gasteiger partial charge in [0.25, 0.3) is 0 Å². The Kier molecular flexibility index (Phi) is 2.60. The maximum Gasteiger partial charge on any atom is 0.110 e. The summed E-state index contributed by atoms with van der Waals surface area (Å²) in [6, 6.07) is 3.35. The van der Waals surface area contributed by atoms with Crippen LogP contribution in [0.4, 0.5) is 0 Å². The van der Waals surface area contributed by atoms with Crippen LogP contribution in [0.3, 0.4) is 0 Å². The van der Waals surface area contributed by atoms with Crippen molar-refractivity contribution in [3.63, 3.8) is 0 Å². The average Bonchev–Trinajstić information content (AvgIpc) is 2.50. The normalized spacial score (nSPS) is 12.5. The molecule has 0 saturated heterocycles. The zero-order chi connectivity index (χ0) is 8.27. The van der Waals surface area contributed by atoms with Crippen molar-refractivity contribution < 1.29 is 5.11 Å². The summed E-state index contributed by atoms with van der Waals surface area (Å²) in [7, 11) is 0. The zero-order valence-corrected chi connectivity index (χ0v) is 6.64. The van der Waals surface area contributed by atoms with Gasteiger partial charge in [-0.25, -0.2) is 0 Å². The van der Waals surface area contributed by atoms with Gasteiger partial charge in [-0.3, -0.25) is 0 Å². The molecule has 0 aliphatic heterocycles. The topological polar surface area (TPSA) is 70.0 Å². The molecule has 0 aromatic carbocycles. The van der Waals surface area contributed by atoms with Gasteiger partial charge in [-0.05, 0) is 17.0 Å². The molecule has 1 atom stereocenters. The standard InChI is InChI=1S/C7H8N2OS/c8-2-6-1-5(4-11-6)7(9)3-10/h1,4,7,10H,3,9H2. The van der Waals surface area contributed by atoms with Gasteiger partial charge in [-0.15, -0.1) is 11.3 Å². The summed E-state index contributed by atoms with van der Waals surface area (Å²) < 4.78 is 0. The molecule has 1 aromatic rings. The predicted octanol–water partition coefficient (Wildman–Crippen LogP) is 0.612. The van der Waals surface area contributed by atoms with Crippen molar-refractivity contribution in [2.45, 2.75) is 6.04 Å². The molecule has 0 aliphatic carbocycles. The Morgan fingerprint density at radius 3 is 3.00 bits per heavy atom. The van der Waals surface area contributed by atoms with Gasteiger partial charge in [0.15, 0.2) is 0 Å². The van der Waals surface area contributed by atoms with Gasteiger partial charge >= 0.3 is 0 Å². The monoisotopic (exact) mass is 168 g/mol. The molecular weight excluding hydrogens is 160 g/mol. The maximum atomic E-state index is 8.67. The Morgan fingerprint density at radius 1 is 1.82 bits per heavy atom. The number of hydrogen-bond acceptors (Lipinski definition) is 4. The predicted molar refractivity (Wildman–Crippen MR) is 43.0 cm³/mol. The van der Waals surface area contributed by atoms with Gasteiger partial charge in [0.2, 0.25) is 0 Å². The molecular formula is C7H8N2OS. The first kappa shape index (κ1) is 8.21. The fraction of sp³-hybridized carbons (Fsp3) is 0.286. The molecule has 0 bridgehead atoms. The highest BCUT2D eigenvalue weighted by Gasteiger charge is 2.06. The highest BCUT2D eigenvalue weighted by Crippen LogP contribution is 2.18. The number of aliphatic hydroxyl groups excluding tert-OH is 1. The second kappa shape index (κ2) is 3.49. The quantitative estimate of drug-likeness (QED) is 0.679. The zero-order valence-electron chi connectivity index (χ0n) is 5.82. The minimum absolute atomic E-state index is 0.0817. The number of rotatable bonds is 2. The molecule has 1 rings (SSSR count). The number of hydrogen-bond donors (Lipinski definition) is 2. The number of nitrogens with zero attached hydrogens (tertiary/aromatic N) is 1. The molecule has 3 N–H and O–H groups in total. The van der Waals surface area contributed by atoms with Crippen molar-refractivity contribution in [2.75, 3.05) is 6.61 Å². The van der Waals surface area contributed by atoms with E-state index in [-0.39, 0.29) is 12.6 Å². The Balaban J connectivity index is 2.82. The van der Waals surface area contributed by atoms with Crippen LogP contribution in [0.2, 0.25) is 0 Å². The van der Waals surface area contributed by atoms with Crippen LogP contribution >= 0.6 is 11.3 Å². The van der Waals surface area contributed by atoms with Crippen LogP contribution in [-0.2, 0) is 0 Å². The van der Waals surface area contributed by atoms with Crippen molar-refractivity contribution in [3.05, 3.63) is 21.9 Å². The van der Waals surface area contributed by atoms with E-state index in [2.05, 4.69) is 0 Å². The molecule has 0 spiro atoms. The van der Waals surface area contributed by atoms with Crippen LogP contribution in [0.1, 0.15) is 16.5 Å². The van der Waals surface area contributed by atoms with Crippen molar-refractivity contribution in [1.29, 1.82) is 5.26 Å². The minimum atomic E-state index is -0.353. The highest BCUT2D eigenvalue weighted by molar-refractivity contribution is 7.10. The van der Waals surface area contributed by atoms with Gasteiger partial charge in [-0.2, -0.15) is 5.26 Å². The molecule has 3 nitrogen and oxygen atoms in total. The molecule has 4 heteroatoms. The van der Waals surface area contributed by atoms with Crippen LogP contribution in [0, 0.1) is 11.3 Å². The van der Waals surface area contributed by atoms with Gasteiger partial charge in [0.1, 0.15) is 10.9 Å². The van der Waals surface area contributed by atoms with Crippen LogP contribution in [0.25, 0.3) is 0 Å². The van der Waals surface area contributed by atoms with Gasteiger partial charge in [0.05, 0.1) is 12.6 Å². The Hall–Kier alpha value is -0.890. The number of aliphatic hydroxyl groups is 1. The van der Waals surface area contributed by atoms with Gasteiger partial charge in [0, 0.05) is 0 Å². The summed E-state index contributed by atoms with van der Waals surface area (Å²) >= 11 is 1.34. The molecule has 1 unspecified atom stereocenters. The maximum absolute atomic E-state index is 8.67. The van der Waals surface area contributed by atoms with Gasteiger partial charge in [-0.1, -0.05) is 0 Å². The van der Waals surface area contributed by atoms with Crippen molar-refractivity contribution in [3.8, 4) is 6.07 Å². The van der Waals surface area contributed by atoms with E-state index in [4.69, 9.17) is 16.1 Å². The molecule has 0 saturated carbocycles. The van der Waals surface area contributed by atoms with E-state index >= 15 is 0 Å². The van der Waals surface area contributed by atoms with Crippen molar-refractivity contribution in [1.82, 2.24) is 0 Å². The molecule has 1 heterocycles. The second-order valence-corrected chi connectivity index (χ2v) is 3.06.